The van der Waals surface area contributed by atoms with E-state index in [-0.39, 0.29) is 0 Å². The second-order valence-electron chi connectivity index (χ2n) is 5.72. The molecule has 1 atom stereocenters. The molecule has 0 spiro atoms. The number of thioether (sulfide) groups is 1. The van der Waals surface area contributed by atoms with Crippen molar-refractivity contribution < 1.29 is 9.47 Å². The van der Waals surface area contributed by atoms with Gasteiger partial charge in [-0.3, -0.25) is 0 Å². The first-order chi connectivity index (χ1) is 11.9. The number of hydrogen-bond donors (Lipinski definition) is 1. The molecular formula is C18H23N3O2S. The molecule has 1 unspecified atom stereocenters. The highest BCUT2D eigenvalue weighted by Crippen LogP contribution is 2.21. The summed E-state index contributed by atoms with van der Waals surface area (Å²) in [6.07, 6.45) is 2.90. The Morgan fingerprint density at radius 2 is 2.17 bits per heavy atom. The summed E-state index contributed by atoms with van der Waals surface area (Å²) in [6.45, 7) is 3.84. The summed E-state index contributed by atoms with van der Waals surface area (Å²) in [7, 11) is 0. The molecule has 2 aromatic rings. The molecule has 6 heteroatoms. The van der Waals surface area contributed by atoms with Crippen LogP contribution in [0.1, 0.15) is 12.0 Å². The van der Waals surface area contributed by atoms with Gasteiger partial charge in [-0.2, -0.15) is 0 Å². The fraction of sp³-hybridized carbons (Fsp3) is 0.444. The van der Waals surface area contributed by atoms with E-state index in [4.69, 9.17) is 9.47 Å². The first kappa shape index (κ1) is 17.2. The van der Waals surface area contributed by atoms with Gasteiger partial charge in [0.05, 0.1) is 19.8 Å². The lowest BCUT2D eigenvalue weighted by Gasteiger charge is -2.09. The van der Waals surface area contributed by atoms with Crippen LogP contribution in [0.5, 0.6) is 0 Å². The third kappa shape index (κ3) is 5.78. The molecule has 5 nitrogen and oxygen atoms in total. The maximum Gasteiger partial charge on any atom is 0.223 e. The number of anilines is 1. The summed E-state index contributed by atoms with van der Waals surface area (Å²) in [5, 5.41) is 4.19. The van der Waals surface area contributed by atoms with Crippen molar-refractivity contribution in [3.8, 4) is 0 Å². The second-order valence-corrected chi connectivity index (χ2v) is 6.72. The second kappa shape index (κ2) is 9.61. The van der Waals surface area contributed by atoms with Gasteiger partial charge in [0.25, 0.3) is 0 Å². The van der Waals surface area contributed by atoms with E-state index in [2.05, 4.69) is 39.6 Å². The Hall–Kier alpha value is -1.63. The van der Waals surface area contributed by atoms with Crippen molar-refractivity contribution in [1.82, 2.24) is 9.97 Å². The summed E-state index contributed by atoms with van der Waals surface area (Å²) >= 11 is 1.71. The van der Waals surface area contributed by atoms with E-state index >= 15 is 0 Å². The molecule has 0 saturated carbocycles. The molecule has 1 N–H and O–H groups in total. The van der Waals surface area contributed by atoms with Crippen LogP contribution < -0.4 is 5.32 Å². The van der Waals surface area contributed by atoms with Gasteiger partial charge in [0.2, 0.25) is 5.95 Å². The summed E-state index contributed by atoms with van der Waals surface area (Å²) < 4.78 is 11.0. The third-order valence-corrected chi connectivity index (χ3v) is 4.77. The smallest absolute Gasteiger partial charge is 0.223 e. The Morgan fingerprint density at radius 1 is 1.25 bits per heavy atom. The van der Waals surface area contributed by atoms with Crippen LogP contribution in [-0.2, 0) is 15.2 Å². The maximum absolute atomic E-state index is 5.67. The maximum atomic E-state index is 5.67. The minimum atomic E-state index is 0.555. The quantitative estimate of drug-likeness (QED) is 0.428. The molecule has 1 saturated heterocycles. The molecule has 1 aliphatic rings. The van der Waals surface area contributed by atoms with E-state index < -0.39 is 0 Å². The molecule has 1 fully saturated rings. The number of ether oxygens (including phenoxy) is 2. The highest BCUT2D eigenvalue weighted by molar-refractivity contribution is 7.98. The Labute approximate surface area is 147 Å². The lowest BCUT2D eigenvalue weighted by molar-refractivity contribution is 0.0964. The fourth-order valence-corrected chi connectivity index (χ4v) is 3.25. The van der Waals surface area contributed by atoms with Gasteiger partial charge in [-0.15, -0.1) is 11.8 Å². The van der Waals surface area contributed by atoms with E-state index in [1.165, 1.54) is 5.56 Å². The van der Waals surface area contributed by atoms with Crippen molar-refractivity contribution in [2.75, 3.05) is 38.3 Å². The van der Waals surface area contributed by atoms with E-state index in [1.54, 1.807) is 18.0 Å². The Kier molecular flexibility index (Phi) is 6.89. The minimum Gasteiger partial charge on any atom is -0.381 e. The predicted octanol–water partition coefficient (Wildman–Crippen LogP) is 3.23. The van der Waals surface area contributed by atoms with Crippen LogP contribution in [0.2, 0.25) is 0 Å². The molecule has 128 valence electrons. The number of nitrogens with zero attached hydrogens (tertiary/aromatic N) is 2. The van der Waals surface area contributed by atoms with Crippen LogP contribution in [0.25, 0.3) is 0 Å². The van der Waals surface area contributed by atoms with E-state index in [9.17, 15) is 0 Å². The first-order valence-electron chi connectivity index (χ1n) is 8.29. The van der Waals surface area contributed by atoms with E-state index in [1.807, 2.05) is 12.1 Å². The minimum absolute atomic E-state index is 0.555. The SMILES string of the molecule is c1ccc(CSc2ccnc(NCCOCC3CCOC3)n2)cc1. The van der Waals surface area contributed by atoms with Crippen LogP contribution in [0.4, 0.5) is 5.95 Å². The lowest BCUT2D eigenvalue weighted by atomic mass is 10.1. The number of benzene rings is 1. The van der Waals surface area contributed by atoms with Gasteiger partial charge in [-0.25, -0.2) is 9.97 Å². The first-order valence-corrected chi connectivity index (χ1v) is 9.28. The standard InChI is InChI=1S/C18H23N3O2S/c1-2-4-15(5-3-1)14-24-17-6-8-19-18(21-17)20-9-11-23-13-16-7-10-22-12-16/h1-6,8,16H,7,9-14H2,(H,19,20,21). The lowest BCUT2D eigenvalue weighted by Crippen LogP contribution is -2.15. The highest BCUT2D eigenvalue weighted by Gasteiger charge is 2.15. The van der Waals surface area contributed by atoms with Crippen molar-refractivity contribution in [1.29, 1.82) is 0 Å². The Bertz CT molecular complexity index is 606. The topological polar surface area (TPSA) is 56.3 Å². The van der Waals surface area contributed by atoms with Gasteiger partial charge in [-0.1, -0.05) is 30.3 Å². The predicted molar refractivity (Wildman–Crippen MR) is 96.3 cm³/mol. The molecule has 24 heavy (non-hydrogen) atoms. The molecular weight excluding hydrogens is 322 g/mol. The van der Waals surface area contributed by atoms with Crippen LogP contribution >= 0.6 is 11.8 Å². The van der Waals surface area contributed by atoms with Gasteiger partial charge >= 0.3 is 0 Å². The largest absolute Gasteiger partial charge is 0.381 e. The van der Waals surface area contributed by atoms with Crippen molar-refractivity contribution in [2.24, 2.45) is 5.92 Å². The highest BCUT2D eigenvalue weighted by atomic mass is 32.2. The molecule has 0 radical (unpaired) electrons. The molecule has 0 bridgehead atoms. The van der Waals surface area contributed by atoms with Crippen LogP contribution in [0, 0.1) is 5.92 Å². The van der Waals surface area contributed by atoms with Gasteiger partial charge in [0.15, 0.2) is 0 Å². The van der Waals surface area contributed by atoms with Crippen molar-refractivity contribution in [3.63, 3.8) is 0 Å². The molecule has 3 rings (SSSR count). The van der Waals surface area contributed by atoms with Gasteiger partial charge in [0.1, 0.15) is 5.03 Å². The van der Waals surface area contributed by atoms with Gasteiger partial charge in [-0.05, 0) is 18.1 Å². The molecule has 1 aromatic carbocycles. The van der Waals surface area contributed by atoms with Crippen molar-refractivity contribution in [3.05, 3.63) is 48.2 Å². The number of hydrogen-bond acceptors (Lipinski definition) is 6. The number of aromatic nitrogens is 2. The zero-order chi connectivity index (χ0) is 16.5. The normalized spacial score (nSPS) is 17.1. The zero-order valence-electron chi connectivity index (χ0n) is 13.7. The Morgan fingerprint density at radius 3 is 3.00 bits per heavy atom. The van der Waals surface area contributed by atoms with E-state index in [0.29, 0.717) is 25.0 Å². The van der Waals surface area contributed by atoms with Gasteiger partial charge < -0.3 is 14.8 Å². The van der Waals surface area contributed by atoms with Crippen LogP contribution in [0.15, 0.2) is 47.6 Å². The molecule has 0 aliphatic carbocycles. The zero-order valence-corrected chi connectivity index (χ0v) is 14.5. The monoisotopic (exact) mass is 345 g/mol. The summed E-state index contributed by atoms with van der Waals surface area (Å²) in [5.74, 6) is 2.11. The summed E-state index contributed by atoms with van der Waals surface area (Å²) in [4.78, 5) is 8.79. The third-order valence-electron chi connectivity index (χ3n) is 3.77. The van der Waals surface area contributed by atoms with Gasteiger partial charge in [0, 0.05) is 31.0 Å². The Balaban J connectivity index is 1.36. The molecule has 0 amide bonds. The van der Waals surface area contributed by atoms with E-state index in [0.717, 1.165) is 37.0 Å². The molecule has 1 aromatic heterocycles. The number of nitrogens with one attached hydrogen (secondary N) is 1. The van der Waals surface area contributed by atoms with Crippen LogP contribution in [0.3, 0.4) is 0 Å². The summed E-state index contributed by atoms with van der Waals surface area (Å²) in [6, 6.07) is 12.3. The van der Waals surface area contributed by atoms with Crippen molar-refractivity contribution in [2.45, 2.75) is 17.2 Å². The average Bonchev–Trinajstić information content (AvgIpc) is 3.14. The molecule has 2 heterocycles. The average molecular weight is 345 g/mol. The fourth-order valence-electron chi connectivity index (χ4n) is 2.44. The van der Waals surface area contributed by atoms with Crippen LogP contribution in [-0.4, -0.2) is 42.9 Å². The number of rotatable bonds is 9. The molecule has 1 aliphatic heterocycles. The summed E-state index contributed by atoms with van der Waals surface area (Å²) in [5.41, 5.74) is 1.29. The van der Waals surface area contributed by atoms with Crippen molar-refractivity contribution >= 4 is 17.7 Å².